The lowest BCUT2D eigenvalue weighted by Gasteiger charge is -2.16. The number of ether oxygens (including phenoxy) is 2. The highest BCUT2D eigenvalue weighted by Gasteiger charge is 2.43. The topological polar surface area (TPSA) is 93.2 Å². The van der Waals surface area contributed by atoms with E-state index in [1.807, 2.05) is 13.8 Å². The second-order valence-corrected chi connectivity index (χ2v) is 12.0. The van der Waals surface area contributed by atoms with Gasteiger partial charge in [-0.15, -0.1) is 0 Å². The van der Waals surface area contributed by atoms with E-state index in [1.165, 1.54) is 21.9 Å². The Morgan fingerprint density at radius 2 is 1.12 bits per heavy atom. The standard InChI is InChI=1S/C28H26N2O6S4/c1-3-5-13-35-25(33)17-9-7-11-19(15-17)29-23(31)21(39-27(29)37)22-24(32)30(28(38)40-22)20-12-8-10-18(16-20)26(34)36-14-6-4-2/h7-12,15-16H,3-6,13-14H2,1-2H3/b22-21+. The summed E-state index contributed by atoms with van der Waals surface area (Å²) in [5.74, 6) is -1.95. The Hall–Kier alpha value is -3.06. The zero-order chi connectivity index (χ0) is 28.8. The summed E-state index contributed by atoms with van der Waals surface area (Å²) >= 11 is 13.0. The van der Waals surface area contributed by atoms with Crippen LogP contribution in [-0.4, -0.2) is 45.6 Å². The molecular weight excluding hydrogens is 589 g/mol. The van der Waals surface area contributed by atoms with Gasteiger partial charge in [0.25, 0.3) is 11.8 Å². The van der Waals surface area contributed by atoms with E-state index >= 15 is 0 Å². The Balaban J connectivity index is 1.56. The molecule has 0 radical (unpaired) electrons. The summed E-state index contributed by atoms with van der Waals surface area (Å²) in [6.07, 6.45) is 3.30. The summed E-state index contributed by atoms with van der Waals surface area (Å²) in [6.45, 7) is 4.62. The minimum absolute atomic E-state index is 0.149. The lowest BCUT2D eigenvalue weighted by molar-refractivity contribution is -0.115. The molecular formula is C28H26N2O6S4. The highest BCUT2D eigenvalue weighted by molar-refractivity contribution is 8.30. The first-order valence-corrected chi connectivity index (χ1v) is 15.1. The fourth-order valence-electron chi connectivity index (χ4n) is 3.78. The molecule has 0 aromatic heterocycles. The van der Waals surface area contributed by atoms with E-state index in [1.54, 1.807) is 36.4 Å². The number of unbranched alkanes of at least 4 members (excludes halogenated alkanes) is 2. The summed E-state index contributed by atoms with van der Waals surface area (Å²) in [4.78, 5) is 54.8. The molecule has 0 spiro atoms. The molecule has 0 saturated carbocycles. The van der Waals surface area contributed by atoms with Crippen LogP contribution in [0.1, 0.15) is 60.2 Å². The average molecular weight is 615 g/mol. The molecule has 2 aromatic rings. The van der Waals surface area contributed by atoms with Gasteiger partial charge in [-0.2, -0.15) is 0 Å². The zero-order valence-corrected chi connectivity index (χ0v) is 25.1. The van der Waals surface area contributed by atoms with E-state index in [2.05, 4.69) is 0 Å². The first kappa shape index (κ1) is 29.9. The van der Waals surface area contributed by atoms with E-state index in [0.717, 1.165) is 49.2 Å². The van der Waals surface area contributed by atoms with Crippen LogP contribution in [-0.2, 0) is 19.1 Å². The van der Waals surface area contributed by atoms with Crippen LogP contribution in [0.5, 0.6) is 0 Å². The molecule has 2 aliphatic heterocycles. The molecule has 4 rings (SSSR count). The largest absolute Gasteiger partial charge is 0.462 e. The number of amides is 2. The highest BCUT2D eigenvalue weighted by Crippen LogP contribution is 2.44. The van der Waals surface area contributed by atoms with Gasteiger partial charge in [0.1, 0.15) is 0 Å². The molecule has 40 heavy (non-hydrogen) atoms. The number of carbonyl (C=O) groups excluding carboxylic acids is 4. The third kappa shape index (κ3) is 6.46. The Labute approximate surface area is 251 Å². The monoisotopic (exact) mass is 614 g/mol. The summed E-state index contributed by atoms with van der Waals surface area (Å²) in [5.41, 5.74) is 1.38. The molecule has 2 saturated heterocycles. The van der Waals surface area contributed by atoms with Gasteiger partial charge in [-0.25, -0.2) is 9.59 Å². The second kappa shape index (κ2) is 13.5. The maximum atomic E-state index is 13.5. The van der Waals surface area contributed by atoms with Gasteiger partial charge < -0.3 is 9.47 Å². The molecule has 8 nitrogen and oxygen atoms in total. The van der Waals surface area contributed by atoms with E-state index in [4.69, 9.17) is 33.9 Å². The number of benzene rings is 2. The summed E-state index contributed by atoms with van der Waals surface area (Å²) in [7, 11) is 0. The molecule has 2 fully saturated rings. The lowest BCUT2D eigenvalue weighted by Crippen LogP contribution is -2.29. The number of thioether (sulfide) groups is 2. The van der Waals surface area contributed by atoms with Crippen molar-refractivity contribution in [3.8, 4) is 0 Å². The summed E-state index contributed by atoms with van der Waals surface area (Å²) in [6, 6.07) is 12.9. The Kier molecular flexibility index (Phi) is 10.1. The fourth-order valence-corrected chi connectivity index (χ4v) is 6.54. The van der Waals surface area contributed by atoms with Gasteiger partial charge in [-0.1, -0.05) is 86.8 Å². The van der Waals surface area contributed by atoms with Crippen molar-refractivity contribution in [2.75, 3.05) is 23.0 Å². The van der Waals surface area contributed by atoms with Crippen molar-refractivity contribution in [3.63, 3.8) is 0 Å². The highest BCUT2D eigenvalue weighted by atomic mass is 32.2. The van der Waals surface area contributed by atoms with Crippen molar-refractivity contribution >= 4 is 91.7 Å². The van der Waals surface area contributed by atoms with Crippen molar-refractivity contribution < 1.29 is 28.7 Å². The van der Waals surface area contributed by atoms with E-state index < -0.39 is 23.8 Å². The molecule has 12 heteroatoms. The Morgan fingerprint density at radius 3 is 1.50 bits per heavy atom. The summed E-state index contributed by atoms with van der Waals surface area (Å²) in [5, 5.41) is 0. The number of carbonyl (C=O) groups is 4. The molecule has 0 aliphatic carbocycles. The fraction of sp³-hybridized carbons (Fsp3) is 0.286. The van der Waals surface area contributed by atoms with Gasteiger partial charge in [0.05, 0.1) is 45.5 Å². The van der Waals surface area contributed by atoms with Gasteiger partial charge in [-0.3, -0.25) is 19.4 Å². The molecule has 2 aromatic carbocycles. The predicted molar refractivity (Wildman–Crippen MR) is 166 cm³/mol. The normalized spacial score (nSPS) is 17.1. The molecule has 0 bridgehead atoms. The third-order valence-corrected chi connectivity index (χ3v) is 8.76. The summed E-state index contributed by atoms with van der Waals surface area (Å²) < 4.78 is 11.0. The van der Waals surface area contributed by atoms with Crippen LogP contribution in [0, 0.1) is 0 Å². The number of nitrogens with zero attached hydrogens (tertiary/aromatic N) is 2. The SMILES string of the molecule is CCCCOC(=O)c1cccc(N2C(=O)/C(=C3\SC(=S)N(c4cccc(C(=O)OCCCC)c4)C3=O)SC2=S)c1. The minimum atomic E-state index is -0.488. The van der Waals surface area contributed by atoms with Crippen LogP contribution in [0.25, 0.3) is 0 Å². The van der Waals surface area contributed by atoms with Crippen LogP contribution in [0.4, 0.5) is 11.4 Å². The number of anilines is 2. The number of thiocarbonyl (C=S) groups is 2. The van der Waals surface area contributed by atoms with Gasteiger partial charge >= 0.3 is 11.9 Å². The first-order chi connectivity index (χ1) is 19.3. The van der Waals surface area contributed by atoms with Crippen molar-refractivity contribution in [1.29, 1.82) is 0 Å². The lowest BCUT2D eigenvalue weighted by atomic mass is 10.2. The number of hydrogen-bond donors (Lipinski definition) is 0. The molecule has 0 atom stereocenters. The van der Waals surface area contributed by atoms with Gasteiger partial charge in [0.2, 0.25) is 0 Å². The van der Waals surface area contributed by atoms with Crippen LogP contribution in [0.15, 0.2) is 58.3 Å². The Bertz CT molecular complexity index is 1320. The maximum absolute atomic E-state index is 13.5. The third-order valence-electron chi connectivity index (χ3n) is 5.89. The van der Waals surface area contributed by atoms with Crippen LogP contribution < -0.4 is 9.80 Å². The second-order valence-electron chi connectivity index (χ2n) is 8.75. The van der Waals surface area contributed by atoms with Gasteiger partial charge in [0, 0.05) is 0 Å². The van der Waals surface area contributed by atoms with E-state index in [0.29, 0.717) is 35.7 Å². The van der Waals surface area contributed by atoms with Crippen molar-refractivity contribution in [1.82, 2.24) is 0 Å². The molecule has 0 unspecified atom stereocenters. The van der Waals surface area contributed by atoms with Crippen LogP contribution >= 0.6 is 48.0 Å². The molecule has 2 heterocycles. The molecule has 2 amide bonds. The van der Waals surface area contributed by atoms with Gasteiger partial charge in [0.15, 0.2) is 8.64 Å². The maximum Gasteiger partial charge on any atom is 0.338 e. The first-order valence-electron chi connectivity index (χ1n) is 12.7. The Morgan fingerprint density at radius 1 is 0.725 bits per heavy atom. The quantitative estimate of drug-likeness (QED) is 0.132. The predicted octanol–water partition coefficient (Wildman–Crippen LogP) is 6.24. The van der Waals surface area contributed by atoms with Crippen molar-refractivity contribution in [2.24, 2.45) is 0 Å². The molecule has 208 valence electrons. The van der Waals surface area contributed by atoms with E-state index in [-0.39, 0.29) is 18.5 Å². The van der Waals surface area contributed by atoms with Crippen LogP contribution in [0.3, 0.4) is 0 Å². The number of esters is 2. The zero-order valence-electron chi connectivity index (χ0n) is 21.8. The number of rotatable bonds is 10. The number of hydrogen-bond acceptors (Lipinski definition) is 10. The van der Waals surface area contributed by atoms with Crippen molar-refractivity contribution in [2.45, 2.75) is 39.5 Å². The smallest absolute Gasteiger partial charge is 0.338 e. The van der Waals surface area contributed by atoms with E-state index in [9.17, 15) is 19.2 Å². The van der Waals surface area contributed by atoms with Gasteiger partial charge in [-0.05, 0) is 49.2 Å². The van der Waals surface area contributed by atoms with Crippen molar-refractivity contribution in [3.05, 3.63) is 69.5 Å². The average Bonchev–Trinajstić information content (AvgIpc) is 3.41. The molecule has 2 aliphatic rings. The van der Waals surface area contributed by atoms with Crippen LogP contribution in [0.2, 0.25) is 0 Å². The molecule has 0 N–H and O–H groups in total. The minimum Gasteiger partial charge on any atom is -0.462 e.